The van der Waals surface area contributed by atoms with Gasteiger partial charge in [0.15, 0.2) is 0 Å². The Kier molecular flexibility index (Phi) is 5.10. The van der Waals surface area contributed by atoms with Crippen molar-refractivity contribution >= 4 is 28.4 Å². The second kappa shape index (κ2) is 6.13. The van der Waals surface area contributed by atoms with Gasteiger partial charge in [0.05, 0.1) is 9.67 Å². The van der Waals surface area contributed by atoms with Crippen LogP contribution in [-0.4, -0.2) is 27.7 Å². The smallest absolute Gasteiger partial charge is 0.142 e. The van der Waals surface area contributed by atoms with Gasteiger partial charge in [0.2, 0.25) is 0 Å². The summed E-state index contributed by atoms with van der Waals surface area (Å²) in [6, 6.07) is 0. The molecule has 0 aromatic carbocycles. The van der Waals surface area contributed by atoms with Gasteiger partial charge in [-0.05, 0) is 29.0 Å². The average Bonchev–Trinajstić information content (AvgIpc) is 2.17. The van der Waals surface area contributed by atoms with E-state index in [0.29, 0.717) is 6.54 Å². The summed E-state index contributed by atoms with van der Waals surface area (Å²) in [6.45, 7) is 2.60. The van der Waals surface area contributed by atoms with Gasteiger partial charge >= 0.3 is 0 Å². The molecule has 0 radical (unpaired) electrons. The normalized spacial score (nSPS) is 12.5. The molecular weight excluding hydrogens is 293 g/mol. The van der Waals surface area contributed by atoms with E-state index in [-0.39, 0.29) is 6.10 Å². The zero-order valence-corrected chi connectivity index (χ0v) is 10.2. The number of aromatic nitrogens is 2. The lowest BCUT2D eigenvalue weighted by Crippen LogP contribution is -2.20. The number of aliphatic hydroxyl groups excluding tert-OH is 1. The maximum Gasteiger partial charge on any atom is 0.142 e. The number of hydrogen-bond donors (Lipinski definition) is 2. The van der Waals surface area contributed by atoms with Crippen LogP contribution in [0.25, 0.3) is 0 Å². The molecule has 0 amide bonds. The van der Waals surface area contributed by atoms with E-state index in [0.717, 1.165) is 22.2 Å². The second-order valence-corrected chi connectivity index (χ2v) is 4.20. The van der Waals surface area contributed by atoms with Gasteiger partial charge in [0.1, 0.15) is 12.1 Å². The summed E-state index contributed by atoms with van der Waals surface area (Å²) in [5.74, 6) is 0.788. The summed E-state index contributed by atoms with van der Waals surface area (Å²) in [5, 5.41) is 12.6. The number of aliphatic hydroxyl groups is 1. The van der Waals surface area contributed by atoms with E-state index in [1.165, 1.54) is 6.33 Å². The van der Waals surface area contributed by atoms with Crippen LogP contribution in [0.4, 0.5) is 5.82 Å². The molecule has 0 saturated carbocycles. The first-order valence-electron chi connectivity index (χ1n) is 4.61. The Labute approximate surface area is 97.3 Å². The molecule has 1 unspecified atom stereocenters. The fourth-order valence-corrected chi connectivity index (χ4v) is 1.58. The van der Waals surface area contributed by atoms with Crippen LogP contribution in [0.3, 0.4) is 0 Å². The molecule has 1 heterocycles. The number of halogens is 1. The highest BCUT2D eigenvalue weighted by Gasteiger charge is 2.04. The Bertz CT molecular complexity index is 283. The molecule has 78 valence electrons. The van der Waals surface area contributed by atoms with Gasteiger partial charge < -0.3 is 10.4 Å². The summed E-state index contributed by atoms with van der Waals surface area (Å²) < 4.78 is 0.966. The third-order valence-corrected chi connectivity index (χ3v) is 2.58. The van der Waals surface area contributed by atoms with Crippen LogP contribution in [-0.2, 0) is 0 Å². The van der Waals surface area contributed by atoms with Gasteiger partial charge in [-0.3, -0.25) is 0 Å². The van der Waals surface area contributed by atoms with E-state index in [1.54, 1.807) is 6.20 Å². The van der Waals surface area contributed by atoms with E-state index in [2.05, 4.69) is 44.8 Å². The Balaban J connectivity index is 2.41. The fraction of sp³-hybridized carbons (Fsp3) is 0.556. The van der Waals surface area contributed by atoms with Crippen molar-refractivity contribution in [3.05, 3.63) is 16.1 Å². The molecule has 4 nitrogen and oxygen atoms in total. The molecule has 0 aliphatic heterocycles. The van der Waals surface area contributed by atoms with Crippen LogP contribution < -0.4 is 5.32 Å². The van der Waals surface area contributed by atoms with Crippen LogP contribution in [0, 0.1) is 3.57 Å². The van der Waals surface area contributed by atoms with Gasteiger partial charge in [-0.1, -0.05) is 13.3 Å². The Morgan fingerprint density at radius 2 is 2.43 bits per heavy atom. The summed E-state index contributed by atoms with van der Waals surface area (Å²) in [6.07, 6.45) is 4.74. The number of hydrogen-bond acceptors (Lipinski definition) is 4. The fourth-order valence-electron chi connectivity index (χ4n) is 1.09. The molecule has 0 bridgehead atoms. The van der Waals surface area contributed by atoms with Gasteiger partial charge in [0, 0.05) is 12.7 Å². The molecule has 0 aliphatic rings. The minimum atomic E-state index is -0.300. The average molecular weight is 307 g/mol. The molecule has 0 saturated heterocycles. The maximum atomic E-state index is 9.49. The van der Waals surface area contributed by atoms with Crippen molar-refractivity contribution in [2.45, 2.75) is 25.9 Å². The monoisotopic (exact) mass is 307 g/mol. The minimum Gasteiger partial charge on any atom is -0.391 e. The van der Waals surface area contributed by atoms with E-state index < -0.39 is 0 Å². The standard InChI is InChI=1S/C9H14IN3O/c1-2-3-7(14)4-12-9-8(10)5-11-6-13-9/h5-7,14H,2-4H2,1H3,(H,11,12,13). The topological polar surface area (TPSA) is 58.0 Å². The number of rotatable bonds is 5. The highest BCUT2D eigenvalue weighted by Crippen LogP contribution is 2.12. The van der Waals surface area contributed by atoms with Crippen molar-refractivity contribution in [2.75, 3.05) is 11.9 Å². The first-order chi connectivity index (χ1) is 6.74. The number of nitrogens with one attached hydrogen (secondary N) is 1. The molecule has 1 atom stereocenters. The lowest BCUT2D eigenvalue weighted by atomic mass is 10.2. The van der Waals surface area contributed by atoms with E-state index >= 15 is 0 Å². The van der Waals surface area contributed by atoms with E-state index in [9.17, 15) is 5.11 Å². The summed E-state index contributed by atoms with van der Waals surface area (Å²) >= 11 is 2.16. The second-order valence-electron chi connectivity index (χ2n) is 3.04. The predicted octanol–water partition coefficient (Wildman–Crippen LogP) is 1.65. The third kappa shape index (κ3) is 3.75. The van der Waals surface area contributed by atoms with Crippen LogP contribution >= 0.6 is 22.6 Å². The van der Waals surface area contributed by atoms with Crippen LogP contribution in [0.2, 0.25) is 0 Å². The summed E-state index contributed by atoms with van der Waals surface area (Å²) in [5.41, 5.74) is 0. The van der Waals surface area contributed by atoms with Gasteiger partial charge in [-0.25, -0.2) is 9.97 Å². The van der Waals surface area contributed by atoms with Crippen molar-refractivity contribution < 1.29 is 5.11 Å². The molecule has 1 rings (SSSR count). The molecular formula is C9H14IN3O. The molecule has 14 heavy (non-hydrogen) atoms. The zero-order chi connectivity index (χ0) is 10.4. The molecule has 1 aromatic heterocycles. The van der Waals surface area contributed by atoms with Gasteiger partial charge in [-0.2, -0.15) is 0 Å². The van der Waals surface area contributed by atoms with Gasteiger partial charge in [0.25, 0.3) is 0 Å². The van der Waals surface area contributed by atoms with Crippen molar-refractivity contribution in [1.82, 2.24) is 9.97 Å². The molecule has 2 N–H and O–H groups in total. The number of anilines is 1. The highest BCUT2D eigenvalue weighted by atomic mass is 127. The Morgan fingerprint density at radius 1 is 1.64 bits per heavy atom. The van der Waals surface area contributed by atoms with Crippen LogP contribution in [0.1, 0.15) is 19.8 Å². The quantitative estimate of drug-likeness (QED) is 0.812. The van der Waals surface area contributed by atoms with Crippen molar-refractivity contribution in [3.63, 3.8) is 0 Å². The summed E-state index contributed by atoms with van der Waals surface area (Å²) in [4.78, 5) is 7.96. The molecule has 5 heteroatoms. The van der Waals surface area contributed by atoms with Crippen LogP contribution in [0.15, 0.2) is 12.5 Å². The minimum absolute atomic E-state index is 0.300. The maximum absolute atomic E-state index is 9.49. The van der Waals surface area contributed by atoms with E-state index in [1.807, 2.05) is 0 Å². The first kappa shape index (κ1) is 11.6. The molecule has 0 spiro atoms. The predicted molar refractivity (Wildman–Crippen MR) is 64.2 cm³/mol. The van der Waals surface area contributed by atoms with Crippen molar-refractivity contribution in [2.24, 2.45) is 0 Å². The third-order valence-electron chi connectivity index (χ3n) is 1.79. The Morgan fingerprint density at radius 3 is 3.07 bits per heavy atom. The highest BCUT2D eigenvalue weighted by molar-refractivity contribution is 14.1. The van der Waals surface area contributed by atoms with Crippen molar-refractivity contribution in [1.29, 1.82) is 0 Å². The summed E-state index contributed by atoms with van der Waals surface area (Å²) in [7, 11) is 0. The largest absolute Gasteiger partial charge is 0.391 e. The lowest BCUT2D eigenvalue weighted by Gasteiger charge is -2.11. The first-order valence-corrected chi connectivity index (χ1v) is 5.69. The van der Waals surface area contributed by atoms with E-state index in [4.69, 9.17) is 0 Å². The van der Waals surface area contributed by atoms with Crippen molar-refractivity contribution in [3.8, 4) is 0 Å². The molecule has 0 fully saturated rings. The van der Waals surface area contributed by atoms with Gasteiger partial charge in [-0.15, -0.1) is 0 Å². The lowest BCUT2D eigenvalue weighted by molar-refractivity contribution is 0.176. The molecule has 0 aliphatic carbocycles. The van der Waals surface area contributed by atoms with Crippen LogP contribution in [0.5, 0.6) is 0 Å². The zero-order valence-electron chi connectivity index (χ0n) is 8.07. The number of nitrogens with zero attached hydrogens (tertiary/aromatic N) is 2. The SMILES string of the molecule is CCCC(O)CNc1ncncc1I. The molecule has 1 aromatic rings. The Hall–Kier alpha value is -0.430.